The Morgan fingerprint density at radius 2 is 2.00 bits per heavy atom. The van der Waals surface area contributed by atoms with E-state index in [-0.39, 0.29) is 17.4 Å². The topological polar surface area (TPSA) is 90.1 Å². The van der Waals surface area contributed by atoms with Gasteiger partial charge in [-0.15, -0.1) is 0 Å². The number of hydrogen-bond acceptors (Lipinski definition) is 4. The summed E-state index contributed by atoms with van der Waals surface area (Å²) in [5.74, 6) is 0.0632. The molecule has 0 bridgehead atoms. The smallest absolute Gasteiger partial charge is 0.270 e. The highest BCUT2D eigenvalue weighted by Crippen LogP contribution is 2.25. The van der Waals surface area contributed by atoms with Gasteiger partial charge in [0.05, 0.1) is 15.1 Å². The molecule has 1 aliphatic heterocycles. The molecule has 2 heterocycles. The second-order valence-electron chi connectivity index (χ2n) is 6.65. The molecule has 2 aromatic rings. The summed E-state index contributed by atoms with van der Waals surface area (Å²) >= 11 is 9.37. The van der Waals surface area contributed by atoms with Crippen LogP contribution in [0.3, 0.4) is 0 Å². The molecular weight excluding hydrogens is 434 g/mol. The molecule has 0 spiro atoms. The first-order valence-corrected chi connectivity index (χ1v) is 9.89. The second-order valence-corrected chi connectivity index (χ2v) is 7.85. The third kappa shape index (κ3) is 4.88. The fraction of sp³-hybridized carbons (Fsp3) is 0.389. The monoisotopic (exact) mass is 453 g/mol. The highest BCUT2D eigenvalue weighted by Gasteiger charge is 2.22. The number of halogens is 2. The minimum Gasteiger partial charge on any atom is -0.350 e. The van der Waals surface area contributed by atoms with Crippen molar-refractivity contribution < 1.29 is 9.59 Å². The van der Waals surface area contributed by atoms with Crippen LogP contribution in [0.4, 0.5) is 5.82 Å². The lowest BCUT2D eigenvalue weighted by Crippen LogP contribution is -2.37. The predicted octanol–water partition coefficient (Wildman–Crippen LogP) is 3.15. The number of amides is 2. The second kappa shape index (κ2) is 8.86. The van der Waals surface area contributed by atoms with Crippen LogP contribution < -0.4 is 10.6 Å². The third-order valence-electron chi connectivity index (χ3n) is 4.67. The van der Waals surface area contributed by atoms with E-state index in [2.05, 4.69) is 48.7 Å². The van der Waals surface area contributed by atoms with Crippen LogP contribution in [-0.4, -0.2) is 53.6 Å². The van der Waals surface area contributed by atoms with Gasteiger partial charge >= 0.3 is 0 Å². The molecule has 9 heteroatoms. The number of hydrogen-bond donors (Lipinski definition) is 3. The first kappa shape index (κ1) is 19.9. The van der Waals surface area contributed by atoms with E-state index in [4.69, 9.17) is 11.6 Å². The Bertz CT molecular complexity index is 833. The molecule has 1 aromatic carbocycles. The van der Waals surface area contributed by atoms with Crippen LogP contribution in [0.25, 0.3) is 0 Å². The standard InChI is InChI=1S/C18H21BrClN5O2/c1-25-8-6-11(7-9-25)10-21-18(27)15-14(19)16(24-23-15)22-17(26)12-4-2-3-5-13(12)20/h2-5,11H,6-10H2,1H3,(H,21,27)(H2,22,23,24,26). The number of nitrogens with one attached hydrogen (secondary N) is 3. The number of H-pyrrole nitrogens is 1. The summed E-state index contributed by atoms with van der Waals surface area (Å²) in [4.78, 5) is 27.1. The van der Waals surface area contributed by atoms with Gasteiger partial charge in [0.25, 0.3) is 11.8 Å². The molecule has 1 saturated heterocycles. The minimum absolute atomic E-state index is 0.240. The Morgan fingerprint density at radius 1 is 1.30 bits per heavy atom. The zero-order chi connectivity index (χ0) is 19.4. The van der Waals surface area contributed by atoms with Gasteiger partial charge in [-0.3, -0.25) is 14.7 Å². The first-order valence-electron chi connectivity index (χ1n) is 8.72. The lowest BCUT2D eigenvalue weighted by Gasteiger charge is -2.28. The zero-order valence-electron chi connectivity index (χ0n) is 14.9. The van der Waals surface area contributed by atoms with Crippen LogP contribution in [0.5, 0.6) is 0 Å². The van der Waals surface area contributed by atoms with E-state index in [1.807, 2.05) is 0 Å². The van der Waals surface area contributed by atoms with Crippen molar-refractivity contribution in [1.29, 1.82) is 0 Å². The molecule has 3 N–H and O–H groups in total. The highest BCUT2D eigenvalue weighted by atomic mass is 79.9. The summed E-state index contributed by atoms with van der Waals surface area (Å²) in [6.07, 6.45) is 2.14. The number of nitrogens with zero attached hydrogens (tertiary/aromatic N) is 2. The van der Waals surface area contributed by atoms with Gasteiger partial charge in [0.1, 0.15) is 5.69 Å². The molecule has 144 valence electrons. The van der Waals surface area contributed by atoms with Gasteiger partial charge in [-0.1, -0.05) is 23.7 Å². The summed E-state index contributed by atoms with van der Waals surface area (Å²) in [6, 6.07) is 6.73. The summed E-state index contributed by atoms with van der Waals surface area (Å²) < 4.78 is 0.406. The van der Waals surface area contributed by atoms with E-state index in [0.717, 1.165) is 25.9 Å². The molecule has 1 aliphatic rings. The Morgan fingerprint density at radius 3 is 2.70 bits per heavy atom. The van der Waals surface area contributed by atoms with Crippen molar-refractivity contribution in [1.82, 2.24) is 20.4 Å². The molecule has 0 unspecified atom stereocenters. The van der Waals surface area contributed by atoms with Crippen LogP contribution in [-0.2, 0) is 0 Å². The van der Waals surface area contributed by atoms with Gasteiger partial charge in [0.2, 0.25) is 0 Å². The van der Waals surface area contributed by atoms with E-state index in [9.17, 15) is 9.59 Å². The van der Waals surface area contributed by atoms with Gasteiger partial charge in [0, 0.05) is 6.54 Å². The maximum Gasteiger partial charge on any atom is 0.270 e. The summed E-state index contributed by atoms with van der Waals surface area (Å²) in [5, 5.41) is 12.6. The van der Waals surface area contributed by atoms with Crippen LogP contribution >= 0.6 is 27.5 Å². The number of rotatable bonds is 5. The SMILES string of the molecule is CN1CCC(CNC(=O)c2[nH]nc(NC(=O)c3ccccc3Cl)c2Br)CC1. The van der Waals surface area contributed by atoms with Crippen LogP contribution in [0.2, 0.25) is 5.02 Å². The number of benzene rings is 1. The fourth-order valence-electron chi connectivity index (χ4n) is 2.97. The highest BCUT2D eigenvalue weighted by molar-refractivity contribution is 9.10. The van der Waals surface area contributed by atoms with Gasteiger partial charge in [-0.05, 0) is 67.0 Å². The average molecular weight is 455 g/mol. The molecule has 0 aliphatic carbocycles. The van der Waals surface area contributed by atoms with Crippen molar-refractivity contribution in [3.63, 3.8) is 0 Å². The van der Waals surface area contributed by atoms with Crippen LogP contribution in [0, 0.1) is 5.92 Å². The minimum atomic E-state index is -0.397. The Balaban J connectivity index is 1.60. The lowest BCUT2D eigenvalue weighted by atomic mass is 9.97. The number of likely N-dealkylation sites (tertiary alicyclic amines) is 1. The molecule has 2 amide bonds. The summed E-state index contributed by atoms with van der Waals surface area (Å²) in [5.41, 5.74) is 0.611. The van der Waals surface area contributed by atoms with E-state index in [1.165, 1.54) is 0 Å². The quantitative estimate of drug-likeness (QED) is 0.647. The van der Waals surface area contributed by atoms with Crippen LogP contribution in [0.15, 0.2) is 28.7 Å². The Labute approximate surface area is 171 Å². The molecule has 0 atom stereocenters. The average Bonchev–Trinajstić information content (AvgIpc) is 3.02. The number of aromatic nitrogens is 2. The number of anilines is 1. The van der Waals surface area contributed by atoms with Crippen molar-refractivity contribution in [2.24, 2.45) is 5.92 Å². The van der Waals surface area contributed by atoms with Crippen molar-refractivity contribution in [3.05, 3.63) is 45.0 Å². The molecular formula is C18H21BrClN5O2. The Hall–Kier alpha value is -1.90. The zero-order valence-corrected chi connectivity index (χ0v) is 17.2. The van der Waals surface area contributed by atoms with Crippen molar-refractivity contribution in [2.75, 3.05) is 32.0 Å². The van der Waals surface area contributed by atoms with E-state index in [1.54, 1.807) is 24.3 Å². The number of aromatic amines is 1. The molecule has 1 fully saturated rings. The predicted molar refractivity (Wildman–Crippen MR) is 108 cm³/mol. The van der Waals surface area contributed by atoms with E-state index >= 15 is 0 Å². The number of carbonyl (C=O) groups is 2. The van der Waals surface area contributed by atoms with E-state index in [0.29, 0.717) is 27.5 Å². The maximum atomic E-state index is 12.4. The van der Waals surface area contributed by atoms with Crippen molar-refractivity contribution >= 4 is 45.2 Å². The summed E-state index contributed by atoms with van der Waals surface area (Å²) in [6.45, 7) is 2.72. The maximum absolute atomic E-state index is 12.4. The fourth-order valence-corrected chi connectivity index (χ4v) is 3.65. The lowest BCUT2D eigenvalue weighted by molar-refractivity contribution is 0.0932. The molecule has 3 rings (SSSR count). The normalized spacial score (nSPS) is 15.5. The van der Waals surface area contributed by atoms with Crippen LogP contribution in [0.1, 0.15) is 33.7 Å². The molecule has 7 nitrogen and oxygen atoms in total. The van der Waals surface area contributed by atoms with Gasteiger partial charge in [0.15, 0.2) is 5.82 Å². The van der Waals surface area contributed by atoms with Crippen molar-refractivity contribution in [3.8, 4) is 0 Å². The molecule has 27 heavy (non-hydrogen) atoms. The number of carbonyl (C=O) groups excluding carboxylic acids is 2. The Kier molecular flexibility index (Phi) is 6.51. The molecule has 1 aromatic heterocycles. The molecule has 0 radical (unpaired) electrons. The molecule has 0 saturated carbocycles. The van der Waals surface area contributed by atoms with Crippen molar-refractivity contribution in [2.45, 2.75) is 12.8 Å². The third-order valence-corrected chi connectivity index (χ3v) is 5.78. The van der Waals surface area contributed by atoms with Gasteiger partial charge in [-0.25, -0.2) is 0 Å². The first-order chi connectivity index (χ1) is 13.0. The van der Waals surface area contributed by atoms with Gasteiger partial charge in [-0.2, -0.15) is 5.10 Å². The summed E-state index contributed by atoms with van der Waals surface area (Å²) in [7, 11) is 2.11. The van der Waals surface area contributed by atoms with Gasteiger partial charge < -0.3 is 15.5 Å². The largest absolute Gasteiger partial charge is 0.350 e. The number of piperidine rings is 1. The van der Waals surface area contributed by atoms with E-state index < -0.39 is 5.91 Å².